The van der Waals surface area contributed by atoms with Gasteiger partial charge in [0.2, 0.25) is 5.91 Å². The number of imide groups is 1. The van der Waals surface area contributed by atoms with E-state index in [4.69, 9.17) is 4.42 Å². The highest BCUT2D eigenvalue weighted by Crippen LogP contribution is 2.34. The number of furan rings is 1. The molecule has 0 radical (unpaired) electrons. The third kappa shape index (κ3) is 4.27. The predicted octanol–water partition coefficient (Wildman–Crippen LogP) is 3.85. The van der Waals surface area contributed by atoms with Crippen LogP contribution in [0.5, 0.6) is 0 Å². The van der Waals surface area contributed by atoms with Crippen molar-refractivity contribution >= 4 is 34.9 Å². The maximum absolute atomic E-state index is 12.9. The third-order valence-electron chi connectivity index (χ3n) is 5.13. The molecule has 2 aromatic heterocycles. The number of amides is 3. The molecule has 3 amide bonds. The Labute approximate surface area is 172 Å². The van der Waals surface area contributed by atoms with Crippen LogP contribution in [-0.2, 0) is 9.59 Å². The summed E-state index contributed by atoms with van der Waals surface area (Å²) in [6, 6.07) is 7.29. The summed E-state index contributed by atoms with van der Waals surface area (Å²) in [5, 5.41) is -0.358. The summed E-state index contributed by atoms with van der Waals surface area (Å²) < 4.78 is 5.21. The maximum Gasteiger partial charge on any atom is 0.293 e. The molecule has 2 saturated heterocycles. The van der Waals surface area contributed by atoms with Crippen molar-refractivity contribution in [3.05, 3.63) is 59.2 Å². The van der Waals surface area contributed by atoms with Gasteiger partial charge in [0.1, 0.15) is 5.76 Å². The molecule has 2 aromatic rings. The summed E-state index contributed by atoms with van der Waals surface area (Å²) in [7, 11) is 0. The molecular weight excluding hydrogens is 390 g/mol. The molecule has 2 fully saturated rings. The van der Waals surface area contributed by atoms with Gasteiger partial charge in [0.05, 0.1) is 17.2 Å². The Morgan fingerprint density at radius 2 is 2.17 bits per heavy atom. The average Bonchev–Trinajstić information content (AvgIpc) is 3.35. The molecule has 8 heteroatoms. The molecule has 0 saturated carbocycles. The van der Waals surface area contributed by atoms with Crippen molar-refractivity contribution in [2.45, 2.75) is 31.7 Å². The van der Waals surface area contributed by atoms with Gasteiger partial charge >= 0.3 is 0 Å². The van der Waals surface area contributed by atoms with Crippen LogP contribution in [-0.4, -0.2) is 44.9 Å². The molecular formula is C21H21N3O4S. The predicted molar refractivity (Wildman–Crippen MR) is 109 cm³/mol. The number of thioether (sulfide) groups is 1. The quantitative estimate of drug-likeness (QED) is 0.695. The van der Waals surface area contributed by atoms with E-state index in [0.29, 0.717) is 17.2 Å². The lowest BCUT2D eigenvalue weighted by molar-refractivity contribution is -0.135. The number of hydrogen-bond acceptors (Lipinski definition) is 6. The number of hydrogen-bond donors (Lipinski definition) is 0. The first-order chi connectivity index (χ1) is 14.1. The van der Waals surface area contributed by atoms with Crippen molar-refractivity contribution in [1.82, 2.24) is 14.8 Å². The van der Waals surface area contributed by atoms with Crippen LogP contribution in [0.1, 0.15) is 43.0 Å². The minimum absolute atomic E-state index is 0.00119. The van der Waals surface area contributed by atoms with Crippen molar-refractivity contribution in [3.63, 3.8) is 0 Å². The molecule has 2 aliphatic rings. The molecule has 0 bridgehead atoms. The lowest BCUT2D eigenvalue weighted by atomic mass is 9.96. The van der Waals surface area contributed by atoms with E-state index in [1.54, 1.807) is 30.6 Å². The molecule has 4 heterocycles. The minimum atomic E-state index is -0.383. The van der Waals surface area contributed by atoms with E-state index in [9.17, 15) is 14.4 Å². The number of aromatic nitrogens is 1. The highest BCUT2D eigenvalue weighted by Gasteiger charge is 2.36. The van der Waals surface area contributed by atoms with Crippen molar-refractivity contribution < 1.29 is 18.8 Å². The Morgan fingerprint density at radius 1 is 1.28 bits per heavy atom. The maximum atomic E-state index is 12.9. The summed E-state index contributed by atoms with van der Waals surface area (Å²) >= 11 is 0.870. The first-order valence-electron chi connectivity index (χ1n) is 9.62. The standard InChI is InChI=1S/C21H21N3O4S/c25-19(23-10-2-1-7-17(23)15-5-3-9-22-14-15)8-11-24-20(26)18(29-21(24)27)13-16-6-4-12-28-16/h3-6,9,12-14,17H,1-2,7-8,10-11H2/b18-13-/t17-/m0/s1. The molecule has 29 heavy (non-hydrogen) atoms. The fourth-order valence-corrected chi connectivity index (χ4v) is 4.54. The molecule has 4 rings (SSSR count). The molecule has 7 nitrogen and oxygen atoms in total. The van der Waals surface area contributed by atoms with Crippen molar-refractivity contribution in [3.8, 4) is 0 Å². The second-order valence-electron chi connectivity index (χ2n) is 6.98. The number of carbonyl (C=O) groups is 3. The smallest absolute Gasteiger partial charge is 0.293 e. The van der Waals surface area contributed by atoms with E-state index in [0.717, 1.165) is 41.5 Å². The molecule has 0 aromatic carbocycles. The zero-order chi connectivity index (χ0) is 20.2. The second-order valence-corrected chi connectivity index (χ2v) is 7.98. The summed E-state index contributed by atoms with van der Waals surface area (Å²) in [5.41, 5.74) is 1.02. The van der Waals surface area contributed by atoms with E-state index in [1.807, 2.05) is 17.0 Å². The van der Waals surface area contributed by atoms with Crippen LogP contribution in [0.2, 0.25) is 0 Å². The summed E-state index contributed by atoms with van der Waals surface area (Å²) in [6.45, 7) is 0.758. The summed E-state index contributed by atoms with van der Waals surface area (Å²) in [4.78, 5) is 45.2. The van der Waals surface area contributed by atoms with E-state index >= 15 is 0 Å². The van der Waals surface area contributed by atoms with Gasteiger partial charge in [-0.1, -0.05) is 6.07 Å². The fourth-order valence-electron chi connectivity index (χ4n) is 3.70. The van der Waals surface area contributed by atoms with Crippen LogP contribution < -0.4 is 0 Å². The van der Waals surface area contributed by atoms with Crippen LogP contribution in [0.3, 0.4) is 0 Å². The second kappa shape index (κ2) is 8.65. The van der Waals surface area contributed by atoms with E-state index in [-0.39, 0.29) is 36.1 Å². The van der Waals surface area contributed by atoms with Gasteiger partial charge in [0, 0.05) is 38.0 Å². The minimum Gasteiger partial charge on any atom is -0.465 e. The van der Waals surface area contributed by atoms with Crippen LogP contribution in [0, 0.1) is 0 Å². The summed E-state index contributed by atoms with van der Waals surface area (Å²) in [6.07, 6.45) is 9.59. The molecule has 1 atom stereocenters. The van der Waals surface area contributed by atoms with Gasteiger partial charge in [0.25, 0.3) is 11.1 Å². The highest BCUT2D eigenvalue weighted by atomic mass is 32.2. The van der Waals surface area contributed by atoms with Gasteiger partial charge < -0.3 is 9.32 Å². The monoisotopic (exact) mass is 411 g/mol. The normalized spacial score (nSPS) is 21.2. The first-order valence-corrected chi connectivity index (χ1v) is 10.4. The Kier molecular flexibility index (Phi) is 5.80. The Bertz CT molecular complexity index is 927. The molecule has 0 spiro atoms. The fraction of sp³-hybridized carbons (Fsp3) is 0.333. The number of likely N-dealkylation sites (tertiary alicyclic amines) is 1. The van der Waals surface area contributed by atoms with Crippen molar-refractivity contribution in [2.24, 2.45) is 0 Å². The van der Waals surface area contributed by atoms with Crippen LogP contribution >= 0.6 is 11.8 Å². The summed E-state index contributed by atoms with van der Waals surface area (Å²) in [5.74, 6) is 0.0819. The van der Waals surface area contributed by atoms with Gasteiger partial charge in [0.15, 0.2) is 0 Å². The van der Waals surface area contributed by atoms with Crippen LogP contribution in [0.15, 0.2) is 52.2 Å². The Hall–Kier alpha value is -2.87. The van der Waals surface area contributed by atoms with Crippen LogP contribution in [0.4, 0.5) is 4.79 Å². The van der Waals surface area contributed by atoms with Crippen molar-refractivity contribution in [2.75, 3.05) is 13.1 Å². The number of rotatable bonds is 5. The van der Waals surface area contributed by atoms with Gasteiger partial charge in [-0.3, -0.25) is 24.3 Å². The highest BCUT2D eigenvalue weighted by molar-refractivity contribution is 8.18. The molecule has 2 aliphatic heterocycles. The van der Waals surface area contributed by atoms with E-state index in [2.05, 4.69) is 4.98 Å². The topological polar surface area (TPSA) is 83.7 Å². The zero-order valence-electron chi connectivity index (χ0n) is 15.8. The molecule has 150 valence electrons. The van der Waals surface area contributed by atoms with E-state index < -0.39 is 0 Å². The lowest BCUT2D eigenvalue weighted by Crippen LogP contribution is -2.40. The molecule has 0 aliphatic carbocycles. The largest absolute Gasteiger partial charge is 0.465 e. The Balaban J connectivity index is 1.41. The molecule has 0 N–H and O–H groups in total. The Morgan fingerprint density at radius 3 is 2.93 bits per heavy atom. The van der Waals surface area contributed by atoms with Crippen molar-refractivity contribution in [1.29, 1.82) is 0 Å². The van der Waals surface area contributed by atoms with Gasteiger partial charge in [-0.05, 0) is 54.8 Å². The number of carbonyl (C=O) groups excluding carboxylic acids is 3. The van der Waals surface area contributed by atoms with E-state index in [1.165, 1.54) is 6.26 Å². The van der Waals surface area contributed by atoms with Gasteiger partial charge in [-0.15, -0.1) is 0 Å². The first kappa shape index (κ1) is 19.4. The number of pyridine rings is 1. The average molecular weight is 411 g/mol. The number of piperidine rings is 1. The SMILES string of the molecule is O=C1S/C(=C\c2ccco2)C(=O)N1CCC(=O)N1CCCC[C@H]1c1cccnc1. The molecule has 0 unspecified atom stereocenters. The zero-order valence-corrected chi connectivity index (χ0v) is 16.6. The van der Waals surface area contributed by atoms with Crippen LogP contribution in [0.25, 0.3) is 6.08 Å². The van der Waals surface area contributed by atoms with Gasteiger partial charge in [-0.2, -0.15) is 0 Å². The third-order valence-corrected chi connectivity index (χ3v) is 6.04. The van der Waals surface area contributed by atoms with Gasteiger partial charge in [-0.25, -0.2) is 0 Å². The lowest BCUT2D eigenvalue weighted by Gasteiger charge is -2.36. The number of nitrogens with zero attached hydrogens (tertiary/aromatic N) is 3.